The van der Waals surface area contributed by atoms with Gasteiger partial charge in [0.1, 0.15) is 0 Å². The van der Waals surface area contributed by atoms with Gasteiger partial charge in [0.25, 0.3) is 5.56 Å². The fraction of sp³-hybridized carbons (Fsp3) is 0.450. The third kappa shape index (κ3) is 3.62. The van der Waals surface area contributed by atoms with Gasteiger partial charge in [-0.05, 0) is 32.0 Å². The Kier molecular flexibility index (Phi) is 5.32. The standard InChI is InChI=1S/C20H25N5O2S/c1-14-15(2)28-20(22-14)24-8-6-23(7-9-24)16-4-5-17-18(12-16)21-13-25(19(17)26)10-11-27-3/h4-5,12-13H,6-11H2,1-3H3. The van der Waals surface area contributed by atoms with Crippen molar-refractivity contribution in [1.29, 1.82) is 0 Å². The average molecular weight is 400 g/mol. The van der Waals surface area contributed by atoms with Gasteiger partial charge in [0.05, 0.1) is 36.1 Å². The lowest BCUT2D eigenvalue weighted by Crippen LogP contribution is -2.46. The highest BCUT2D eigenvalue weighted by Gasteiger charge is 2.20. The predicted molar refractivity (Wildman–Crippen MR) is 114 cm³/mol. The Morgan fingerprint density at radius 3 is 2.57 bits per heavy atom. The molecule has 3 aromatic rings. The second kappa shape index (κ2) is 7.89. The molecular weight excluding hydrogens is 374 g/mol. The van der Waals surface area contributed by atoms with Crippen LogP contribution in [0.4, 0.5) is 10.8 Å². The second-order valence-corrected chi connectivity index (χ2v) is 8.23. The van der Waals surface area contributed by atoms with E-state index in [1.807, 2.05) is 18.2 Å². The monoisotopic (exact) mass is 399 g/mol. The summed E-state index contributed by atoms with van der Waals surface area (Å²) in [5, 5.41) is 1.76. The topological polar surface area (TPSA) is 63.5 Å². The van der Waals surface area contributed by atoms with Crippen LogP contribution in [0.3, 0.4) is 0 Å². The quantitative estimate of drug-likeness (QED) is 0.657. The van der Waals surface area contributed by atoms with Gasteiger partial charge < -0.3 is 14.5 Å². The number of rotatable bonds is 5. The smallest absolute Gasteiger partial charge is 0.261 e. The molecule has 1 aliphatic rings. The molecule has 1 aromatic carbocycles. The van der Waals surface area contributed by atoms with E-state index in [2.05, 4.69) is 33.6 Å². The van der Waals surface area contributed by atoms with Crippen LogP contribution in [0.1, 0.15) is 10.6 Å². The van der Waals surface area contributed by atoms with Crippen molar-refractivity contribution in [2.24, 2.45) is 0 Å². The summed E-state index contributed by atoms with van der Waals surface area (Å²) in [5.41, 5.74) is 2.96. The summed E-state index contributed by atoms with van der Waals surface area (Å²) < 4.78 is 6.66. The Hall–Kier alpha value is -2.45. The van der Waals surface area contributed by atoms with Gasteiger partial charge in [0.15, 0.2) is 5.13 Å². The number of hydrogen-bond acceptors (Lipinski definition) is 7. The van der Waals surface area contributed by atoms with E-state index in [1.54, 1.807) is 29.3 Å². The second-order valence-electron chi connectivity index (χ2n) is 7.05. The maximum absolute atomic E-state index is 12.6. The van der Waals surface area contributed by atoms with Crippen LogP contribution in [0, 0.1) is 13.8 Å². The fourth-order valence-electron chi connectivity index (χ4n) is 3.44. The van der Waals surface area contributed by atoms with Crippen molar-refractivity contribution in [1.82, 2.24) is 14.5 Å². The van der Waals surface area contributed by atoms with Crippen LogP contribution in [0.5, 0.6) is 0 Å². The molecule has 0 unspecified atom stereocenters. The Bertz CT molecular complexity index is 1020. The molecule has 7 nitrogen and oxygen atoms in total. The fourth-order valence-corrected chi connectivity index (χ4v) is 4.40. The van der Waals surface area contributed by atoms with E-state index in [9.17, 15) is 4.79 Å². The van der Waals surface area contributed by atoms with E-state index in [0.29, 0.717) is 18.5 Å². The van der Waals surface area contributed by atoms with E-state index in [1.165, 1.54) is 4.88 Å². The highest BCUT2D eigenvalue weighted by molar-refractivity contribution is 7.15. The molecule has 4 rings (SSSR count). The molecule has 0 aliphatic carbocycles. The lowest BCUT2D eigenvalue weighted by molar-refractivity contribution is 0.186. The zero-order chi connectivity index (χ0) is 19.7. The van der Waals surface area contributed by atoms with Crippen LogP contribution < -0.4 is 15.4 Å². The number of methoxy groups -OCH3 is 1. The number of nitrogens with zero attached hydrogens (tertiary/aromatic N) is 5. The van der Waals surface area contributed by atoms with Crippen molar-refractivity contribution in [3.63, 3.8) is 0 Å². The first-order valence-corrected chi connectivity index (χ1v) is 10.3. The molecule has 28 heavy (non-hydrogen) atoms. The van der Waals surface area contributed by atoms with Crippen LogP contribution in [-0.4, -0.2) is 54.4 Å². The molecule has 0 atom stereocenters. The predicted octanol–water partition coefficient (Wildman–Crippen LogP) is 2.44. The van der Waals surface area contributed by atoms with E-state index >= 15 is 0 Å². The molecule has 0 N–H and O–H groups in total. The highest BCUT2D eigenvalue weighted by Crippen LogP contribution is 2.27. The number of anilines is 2. The molecule has 2 aromatic heterocycles. The van der Waals surface area contributed by atoms with Crippen LogP contribution in [0.25, 0.3) is 10.9 Å². The summed E-state index contributed by atoms with van der Waals surface area (Å²) in [4.78, 5) is 27.8. The van der Waals surface area contributed by atoms with Crippen molar-refractivity contribution in [3.8, 4) is 0 Å². The molecular formula is C20H25N5O2S. The Labute approximate surface area is 168 Å². The Morgan fingerprint density at radius 1 is 1.14 bits per heavy atom. The molecule has 148 valence electrons. The lowest BCUT2D eigenvalue weighted by atomic mass is 10.2. The summed E-state index contributed by atoms with van der Waals surface area (Å²) in [6.45, 7) is 8.93. The third-order valence-electron chi connectivity index (χ3n) is 5.28. The molecule has 0 radical (unpaired) electrons. The molecule has 0 saturated carbocycles. The summed E-state index contributed by atoms with van der Waals surface area (Å²) >= 11 is 1.77. The van der Waals surface area contributed by atoms with Crippen molar-refractivity contribution in [3.05, 3.63) is 45.5 Å². The largest absolute Gasteiger partial charge is 0.383 e. The van der Waals surface area contributed by atoms with Gasteiger partial charge in [0, 0.05) is 43.9 Å². The van der Waals surface area contributed by atoms with Gasteiger partial charge in [-0.2, -0.15) is 0 Å². The first kappa shape index (κ1) is 18.9. The van der Waals surface area contributed by atoms with Crippen molar-refractivity contribution >= 4 is 33.1 Å². The summed E-state index contributed by atoms with van der Waals surface area (Å²) in [6.07, 6.45) is 1.61. The first-order chi connectivity index (χ1) is 13.6. The number of thiazole rings is 1. The summed E-state index contributed by atoms with van der Waals surface area (Å²) in [7, 11) is 1.63. The number of hydrogen-bond donors (Lipinski definition) is 0. The summed E-state index contributed by atoms with van der Waals surface area (Å²) in [6, 6.07) is 5.94. The Morgan fingerprint density at radius 2 is 1.89 bits per heavy atom. The van der Waals surface area contributed by atoms with Crippen LogP contribution in [0.2, 0.25) is 0 Å². The van der Waals surface area contributed by atoms with Crippen molar-refractivity contribution < 1.29 is 4.74 Å². The van der Waals surface area contributed by atoms with Gasteiger partial charge in [-0.1, -0.05) is 0 Å². The molecule has 0 spiro atoms. The minimum Gasteiger partial charge on any atom is -0.383 e. The van der Waals surface area contributed by atoms with Gasteiger partial charge >= 0.3 is 0 Å². The molecule has 1 aliphatic heterocycles. The average Bonchev–Trinajstić information content (AvgIpc) is 3.06. The van der Waals surface area contributed by atoms with Gasteiger partial charge in [-0.15, -0.1) is 11.3 Å². The lowest BCUT2D eigenvalue weighted by Gasteiger charge is -2.36. The maximum atomic E-state index is 12.6. The molecule has 0 amide bonds. The van der Waals surface area contributed by atoms with E-state index in [-0.39, 0.29) is 5.56 Å². The van der Waals surface area contributed by atoms with Crippen LogP contribution in [0.15, 0.2) is 29.3 Å². The van der Waals surface area contributed by atoms with Crippen LogP contribution in [-0.2, 0) is 11.3 Å². The van der Waals surface area contributed by atoms with Gasteiger partial charge in [-0.25, -0.2) is 9.97 Å². The third-order valence-corrected chi connectivity index (χ3v) is 6.41. The van der Waals surface area contributed by atoms with Gasteiger partial charge in [0.2, 0.25) is 0 Å². The number of aryl methyl sites for hydroxylation is 2. The molecule has 0 bridgehead atoms. The number of fused-ring (bicyclic) bond motifs is 1. The maximum Gasteiger partial charge on any atom is 0.261 e. The van der Waals surface area contributed by atoms with E-state index in [0.717, 1.165) is 48.2 Å². The number of benzene rings is 1. The zero-order valence-corrected chi connectivity index (χ0v) is 17.3. The van der Waals surface area contributed by atoms with Crippen molar-refractivity contribution in [2.75, 3.05) is 49.7 Å². The van der Waals surface area contributed by atoms with Gasteiger partial charge in [-0.3, -0.25) is 9.36 Å². The van der Waals surface area contributed by atoms with Crippen molar-refractivity contribution in [2.45, 2.75) is 20.4 Å². The number of aromatic nitrogens is 3. The van der Waals surface area contributed by atoms with Crippen LogP contribution >= 0.6 is 11.3 Å². The van der Waals surface area contributed by atoms with E-state index in [4.69, 9.17) is 4.74 Å². The minimum absolute atomic E-state index is 0.0204. The molecule has 1 saturated heterocycles. The normalized spacial score (nSPS) is 14.8. The number of ether oxygens (including phenoxy) is 1. The number of piperazine rings is 1. The zero-order valence-electron chi connectivity index (χ0n) is 16.5. The van der Waals surface area contributed by atoms with E-state index < -0.39 is 0 Å². The minimum atomic E-state index is -0.0204. The molecule has 3 heterocycles. The highest BCUT2D eigenvalue weighted by atomic mass is 32.1. The first-order valence-electron chi connectivity index (χ1n) is 9.49. The SMILES string of the molecule is COCCn1cnc2cc(N3CCN(c4nc(C)c(C)s4)CC3)ccc2c1=O. The summed E-state index contributed by atoms with van der Waals surface area (Å²) in [5.74, 6) is 0. The Balaban J connectivity index is 1.50. The molecule has 1 fully saturated rings. The molecule has 8 heteroatoms.